The van der Waals surface area contributed by atoms with Gasteiger partial charge in [0.05, 0.1) is 0 Å². The Balaban J connectivity index is 1.78. The van der Waals surface area contributed by atoms with E-state index in [1.54, 1.807) is 35.1 Å². The van der Waals surface area contributed by atoms with Gasteiger partial charge < -0.3 is 0 Å². The summed E-state index contributed by atoms with van der Waals surface area (Å²) in [5.74, 6) is 0.609. The first kappa shape index (κ1) is 22.7. The molecule has 4 aromatic rings. The van der Waals surface area contributed by atoms with Gasteiger partial charge in [-0.15, -0.1) is 0 Å². The van der Waals surface area contributed by atoms with Gasteiger partial charge in [-0.3, -0.25) is 0 Å². The SMILES string of the molecule is CC(C)C([AsH2])c1cccc(CCc2nc3ccc(F)cc3c(=O)n2-c2ccccc2Cl)n1. The normalized spacial score (nSPS) is 12.4. The summed E-state index contributed by atoms with van der Waals surface area (Å²) < 4.78 is 15.8. The maximum atomic E-state index is 13.9. The van der Waals surface area contributed by atoms with Crippen molar-refractivity contribution in [3.63, 3.8) is 0 Å². The fourth-order valence-electron chi connectivity index (χ4n) is 3.66. The molecule has 0 saturated carbocycles. The quantitative estimate of drug-likeness (QED) is 0.353. The van der Waals surface area contributed by atoms with Crippen molar-refractivity contribution >= 4 is 39.4 Å². The summed E-state index contributed by atoms with van der Waals surface area (Å²) in [6.07, 6.45) is 1.11. The van der Waals surface area contributed by atoms with Gasteiger partial charge in [0, 0.05) is 0 Å². The molecule has 164 valence electrons. The van der Waals surface area contributed by atoms with E-state index in [0.717, 1.165) is 11.4 Å². The van der Waals surface area contributed by atoms with Gasteiger partial charge in [-0.2, -0.15) is 0 Å². The Kier molecular flexibility index (Phi) is 6.78. The van der Waals surface area contributed by atoms with Crippen molar-refractivity contribution < 1.29 is 4.39 Å². The number of aryl methyl sites for hydroxylation is 2. The Morgan fingerprint density at radius 2 is 1.81 bits per heavy atom. The molecule has 0 aliphatic heterocycles. The molecule has 0 saturated heterocycles. The van der Waals surface area contributed by atoms with E-state index in [1.165, 1.54) is 22.8 Å². The number of benzene rings is 2. The van der Waals surface area contributed by atoms with Crippen LogP contribution in [-0.2, 0) is 12.8 Å². The third-order valence-electron chi connectivity index (χ3n) is 5.49. The molecule has 0 aliphatic rings. The number of aromatic nitrogens is 3. The van der Waals surface area contributed by atoms with Crippen LogP contribution in [0.4, 0.5) is 4.39 Å². The number of halogens is 2. The first-order valence-corrected chi connectivity index (χ1v) is 12.3. The summed E-state index contributed by atoms with van der Waals surface area (Å²) in [6, 6.07) is 17.3. The molecule has 7 heteroatoms. The Bertz CT molecular complexity index is 1340. The number of pyridine rings is 1. The van der Waals surface area contributed by atoms with Crippen LogP contribution in [0.2, 0.25) is 5.02 Å². The summed E-state index contributed by atoms with van der Waals surface area (Å²) in [7, 11) is 0. The number of hydrogen-bond donors (Lipinski definition) is 0. The molecule has 2 unspecified atom stereocenters. The Labute approximate surface area is 200 Å². The molecular formula is C25H24AsClFN3O. The van der Waals surface area contributed by atoms with E-state index < -0.39 is 5.82 Å². The summed E-state index contributed by atoms with van der Waals surface area (Å²) in [6.45, 7) is 4.40. The predicted molar refractivity (Wildman–Crippen MR) is 130 cm³/mol. The minimum absolute atomic E-state index is 0.224. The van der Waals surface area contributed by atoms with Crippen molar-refractivity contribution in [3.05, 3.63) is 99.1 Å². The second kappa shape index (κ2) is 9.56. The van der Waals surface area contributed by atoms with E-state index in [1.807, 2.05) is 18.2 Å². The van der Waals surface area contributed by atoms with E-state index in [-0.39, 0.29) is 10.9 Å². The second-order valence-electron chi connectivity index (χ2n) is 8.11. The van der Waals surface area contributed by atoms with Gasteiger partial charge in [0.2, 0.25) is 0 Å². The van der Waals surface area contributed by atoms with Crippen molar-refractivity contribution in [1.29, 1.82) is 0 Å². The fourth-order valence-corrected chi connectivity index (χ4v) is 4.27. The van der Waals surface area contributed by atoms with Crippen LogP contribution in [0.25, 0.3) is 16.6 Å². The average molecular weight is 512 g/mol. The van der Waals surface area contributed by atoms with Crippen molar-refractivity contribution in [2.24, 2.45) is 5.92 Å². The summed E-state index contributed by atoms with van der Waals surface area (Å²) in [4.78, 5) is 22.9. The number of hydrogen-bond acceptors (Lipinski definition) is 3. The van der Waals surface area contributed by atoms with Crippen LogP contribution >= 0.6 is 11.6 Å². The summed E-state index contributed by atoms with van der Waals surface area (Å²) in [5, 5.41) is 0.656. The van der Waals surface area contributed by atoms with Gasteiger partial charge >= 0.3 is 196 Å². The molecule has 0 bridgehead atoms. The van der Waals surface area contributed by atoms with Crippen LogP contribution in [0.5, 0.6) is 0 Å². The van der Waals surface area contributed by atoms with Gasteiger partial charge in [-0.25, -0.2) is 4.39 Å². The monoisotopic (exact) mass is 511 g/mol. The Morgan fingerprint density at radius 1 is 1.03 bits per heavy atom. The van der Waals surface area contributed by atoms with E-state index in [0.29, 0.717) is 45.5 Å². The average Bonchev–Trinajstić information content (AvgIpc) is 2.78. The molecule has 4 nitrogen and oxygen atoms in total. The first-order valence-electron chi connectivity index (χ1n) is 10.5. The molecule has 2 aromatic heterocycles. The van der Waals surface area contributed by atoms with Gasteiger partial charge in [0.15, 0.2) is 0 Å². The topological polar surface area (TPSA) is 47.8 Å². The second-order valence-corrected chi connectivity index (χ2v) is 10.0. The van der Waals surface area contributed by atoms with Crippen molar-refractivity contribution in [2.75, 3.05) is 0 Å². The summed E-state index contributed by atoms with van der Waals surface area (Å²) >= 11 is 8.08. The third-order valence-corrected chi connectivity index (χ3v) is 8.14. The van der Waals surface area contributed by atoms with Crippen LogP contribution < -0.4 is 5.56 Å². The standard InChI is InChI=1S/C25H24AsClFN3O/c1-15(2)24(26)21-8-5-6-17(29-21)11-13-23-30-20-12-10-16(28)14-18(20)25(32)31(23)22-9-4-3-7-19(22)27/h3-10,12,14-15,24H,11,13,26H2,1-2H3. The zero-order valence-corrected chi connectivity index (χ0v) is 21.1. The molecular weight excluding hydrogens is 488 g/mol. The van der Waals surface area contributed by atoms with Crippen LogP contribution in [0.1, 0.15) is 35.8 Å². The molecule has 0 spiro atoms. The molecule has 2 aromatic carbocycles. The van der Waals surface area contributed by atoms with Gasteiger partial charge in [-0.1, -0.05) is 0 Å². The number of para-hydroxylation sites is 1. The molecule has 0 radical (unpaired) electrons. The minimum atomic E-state index is -0.475. The molecule has 2 heterocycles. The van der Waals surface area contributed by atoms with Crippen molar-refractivity contribution in [3.8, 4) is 5.69 Å². The van der Waals surface area contributed by atoms with Crippen LogP contribution in [-0.4, -0.2) is 31.4 Å². The fraction of sp³-hybridized carbons (Fsp3) is 0.240. The maximum absolute atomic E-state index is 13.9. The molecule has 2 atom stereocenters. The van der Waals surface area contributed by atoms with E-state index in [9.17, 15) is 9.18 Å². The molecule has 32 heavy (non-hydrogen) atoms. The number of fused-ring (bicyclic) bond motifs is 1. The molecule has 0 fully saturated rings. The predicted octanol–water partition coefficient (Wildman–Crippen LogP) is 4.69. The van der Waals surface area contributed by atoms with Crippen molar-refractivity contribution in [2.45, 2.75) is 31.4 Å². The first-order chi connectivity index (χ1) is 15.3. The van der Waals surface area contributed by atoms with E-state index >= 15 is 0 Å². The molecule has 4 rings (SSSR count). The Morgan fingerprint density at radius 3 is 2.56 bits per heavy atom. The van der Waals surface area contributed by atoms with Gasteiger partial charge in [0.1, 0.15) is 0 Å². The van der Waals surface area contributed by atoms with Crippen LogP contribution in [0.15, 0.2) is 65.5 Å². The Hall–Kier alpha value is -2.49. The summed E-state index contributed by atoms with van der Waals surface area (Å²) in [5.41, 5.74) is 2.70. The van der Waals surface area contributed by atoms with E-state index in [4.69, 9.17) is 21.6 Å². The van der Waals surface area contributed by atoms with Crippen molar-refractivity contribution in [1.82, 2.24) is 14.5 Å². The van der Waals surface area contributed by atoms with Crippen LogP contribution in [0, 0.1) is 11.7 Å². The van der Waals surface area contributed by atoms with Crippen LogP contribution in [0.3, 0.4) is 0 Å². The number of nitrogens with zero attached hydrogens (tertiary/aromatic N) is 3. The van der Waals surface area contributed by atoms with E-state index in [2.05, 4.69) is 19.9 Å². The molecule has 0 amide bonds. The zero-order valence-electron chi connectivity index (χ0n) is 17.9. The van der Waals surface area contributed by atoms with Gasteiger partial charge in [0.25, 0.3) is 0 Å². The molecule has 0 aliphatic carbocycles. The molecule has 0 N–H and O–H groups in total. The third kappa shape index (κ3) is 4.65. The zero-order chi connectivity index (χ0) is 22.8. The van der Waals surface area contributed by atoms with Gasteiger partial charge in [-0.05, 0) is 0 Å². The number of rotatable bonds is 6.